The zero-order valence-corrected chi connectivity index (χ0v) is 15.5. The second-order valence-corrected chi connectivity index (χ2v) is 7.64. The molecule has 1 unspecified atom stereocenters. The van der Waals surface area contributed by atoms with Gasteiger partial charge in [0, 0.05) is 45.0 Å². The summed E-state index contributed by atoms with van der Waals surface area (Å²) in [6.45, 7) is 10.1. The van der Waals surface area contributed by atoms with E-state index < -0.39 is 0 Å². The number of anilines is 1. The van der Waals surface area contributed by atoms with E-state index in [2.05, 4.69) is 51.2 Å². The van der Waals surface area contributed by atoms with Gasteiger partial charge in [-0.25, -0.2) is 0 Å². The number of hydrogen-bond donors (Lipinski definition) is 1. The maximum atomic E-state index is 4.33. The van der Waals surface area contributed by atoms with Crippen LogP contribution in [-0.2, 0) is 0 Å². The van der Waals surface area contributed by atoms with E-state index in [0.717, 1.165) is 48.6 Å². The van der Waals surface area contributed by atoms with Crippen molar-refractivity contribution in [1.82, 2.24) is 25.0 Å². The first-order valence-corrected chi connectivity index (χ1v) is 9.36. The second kappa shape index (κ2) is 8.00. The SMILES string of the molecule is CC(C)C(CNc1nnc(-c2ccccn2)s1)N1CCN(C)CC1. The topological polar surface area (TPSA) is 57.2 Å². The molecule has 1 N–H and O–H groups in total. The Hall–Kier alpha value is -1.57. The van der Waals surface area contributed by atoms with Gasteiger partial charge in [0.05, 0.1) is 0 Å². The van der Waals surface area contributed by atoms with Crippen molar-refractivity contribution in [2.75, 3.05) is 45.1 Å². The van der Waals surface area contributed by atoms with Crippen molar-refractivity contribution in [3.8, 4) is 10.7 Å². The minimum Gasteiger partial charge on any atom is -0.358 e. The van der Waals surface area contributed by atoms with Crippen molar-refractivity contribution < 1.29 is 0 Å². The molecule has 0 amide bonds. The van der Waals surface area contributed by atoms with Crippen LogP contribution < -0.4 is 5.32 Å². The highest BCUT2D eigenvalue weighted by atomic mass is 32.1. The van der Waals surface area contributed by atoms with Gasteiger partial charge >= 0.3 is 0 Å². The third-order valence-electron chi connectivity index (χ3n) is 4.55. The Morgan fingerprint density at radius 2 is 1.96 bits per heavy atom. The van der Waals surface area contributed by atoms with Gasteiger partial charge in [0.25, 0.3) is 0 Å². The maximum Gasteiger partial charge on any atom is 0.206 e. The van der Waals surface area contributed by atoms with E-state index in [1.54, 1.807) is 17.5 Å². The van der Waals surface area contributed by atoms with Crippen molar-refractivity contribution >= 4 is 16.5 Å². The summed E-state index contributed by atoms with van der Waals surface area (Å²) in [6, 6.07) is 6.36. The fourth-order valence-electron chi connectivity index (χ4n) is 3.02. The van der Waals surface area contributed by atoms with E-state index in [0.29, 0.717) is 12.0 Å². The number of nitrogens with one attached hydrogen (secondary N) is 1. The molecule has 0 aliphatic carbocycles. The number of piperazine rings is 1. The van der Waals surface area contributed by atoms with Crippen molar-refractivity contribution in [3.63, 3.8) is 0 Å². The predicted octanol–water partition coefficient (Wildman–Crippen LogP) is 2.28. The van der Waals surface area contributed by atoms with Crippen LogP contribution >= 0.6 is 11.3 Å². The lowest BCUT2D eigenvalue weighted by molar-refractivity contribution is 0.0944. The molecule has 1 aliphatic rings. The Morgan fingerprint density at radius 3 is 2.62 bits per heavy atom. The Bertz CT molecular complexity index is 621. The molecule has 0 bridgehead atoms. The molecule has 3 rings (SSSR count). The van der Waals surface area contributed by atoms with E-state index in [1.165, 1.54) is 0 Å². The van der Waals surface area contributed by atoms with Crippen LogP contribution in [0.3, 0.4) is 0 Å². The molecule has 6 nitrogen and oxygen atoms in total. The highest BCUT2D eigenvalue weighted by molar-refractivity contribution is 7.18. The van der Waals surface area contributed by atoms with Gasteiger partial charge in [-0.1, -0.05) is 31.3 Å². The van der Waals surface area contributed by atoms with Crippen LogP contribution in [0.4, 0.5) is 5.13 Å². The predicted molar refractivity (Wildman–Crippen MR) is 99.3 cm³/mol. The lowest BCUT2D eigenvalue weighted by Crippen LogP contribution is -2.52. The largest absolute Gasteiger partial charge is 0.358 e. The zero-order valence-electron chi connectivity index (χ0n) is 14.6. The second-order valence-electron chi connectivity index (χ2n) is 6.66. The lowest BCUT2D eigenvalue weighted by atomic mass is 10.0. The van der Waals surface area contributed by atoms with E-state index >= 15 is 0 Å². The van der Waals surface area contributed by atoms with Crippen molar-refractivity contribution in [1.29, 1.82) is 0 Å². The molecule has 1 atom stereocenters. The Labute approximate surface area is 147 Å². The number of likely N-dealkylation sites (N-methyl/N-ethyl adjacent to an activating group) is 1. The molecular weight excluding hydrogens is 320 g/mol. The molecule has 2 aromatic rings. The van der Waals surface area contributed by atoms with E-state index in [4.69, 9.17) is 0 Å². The summed E-state index contributed by atoms with van der Waals surface area (Å²) in [7, 11) is 2.19. The minimum absolute atomic E-state index is 0.515. The first-order chi connectivity index (χ1) is 11.6. The van der Waals surface area contributed by atoms with E-state index in [1.807, 2.05) is 18.2 Å². The summed E-state index contributed by atoms with van der Waals surface area (Å²) < 4.78 is 0. The molecule has 1 aliphatic heterocycles. The van der Waals surface area contributed by atoms with Gasteiger partial charge in [-0.15, -0.1) is 10.2 Å². The van der Waals surface area contributed by atoms with E-state index in [9.17, 15) is 0 Å². The fourth-order valence-corrected chi connectivity index (χ4v) is 3.75. The van der Waals surface area contributed by atoms with Crippen molar-refractivity contribution in [2.24, 2.45) is 5.92 Å². The van der Waals surface area contributed by atoms with Crippen LogP contribution in [0, 0.1) is 5.92 Å². The third kappa shape index (κ3) is 4.28. The van der Waals surface area contributed by atoms with Gasteiger partial charge < -0.3 is 10.2 Å². The minimum atomic E-state index is 0.515. The molecule has 0 saturated carbocycles. The quantitative estimate of drug-likeness (QED) is 0.866. The Balaban J connectivity index is 1.60. The molecular formula is C17H26N6S. The fraction of sp³-hybridized carbons (Fsp3) is 0.588. The molecule has 2 aromatic heterocycles. The van der Waals surface area contributed by atoms with Gasteiger partial charge in [0.15, 0.2) is 5.01 Å². The molecule has 130 valence electrons. The molecule has 0 aromatic carbocycles. The van der Waals surface area contributed by atoms with Gasteiger partial charge in [-0.3, -0.25) is 9.88 Å². The van der Waals surface area contributed by atoms with Gasteiger partial charge in [-0.05, 0) is 25.1 Å². The van der Waals surface area contributed by atoms with Crippen LogP contribution in [0.2, 0.25) is 0 Å². The number of aromatic nitrogens is 3. The number of pyridine rings is 1. The van der Waals surface area contributed by atoms with Crippen molar-refractivity contribution in [3.05, 3.63) is 24.4 Å². The summed E-state index contributed by atoms with van der Waals surface area (Å²) in [4.78, 5) is 9.32. The van der Waals surface area contributed by atoms with Gasteiger partial charge in [0.1, 0.15) is 5.69 Å². The Morgan fingerprint density at radius 1 is 1.17 bits per heavy atom. The summed E-state index contributed by atoms with van der Waals surface area (Å²) >= 11 is 1.56. The van der Waals surface area contributed by atoms with Crippen LogP contribution in [0.5, 0.6) is 0 Å². The lowest BCUT2D eigenvalue weighted by Gasteiger charge is -2.39. The molecule has 0 spiro atoms. The first kappa shape index (κ1) is 17.3. The average Bonchev–Trinajstić information content (AvgIpc) is 3.06. The van der Waals surface area contributed by atoms with Crippen LogP contribution in [0.15, 0.2) is 24.4 Å². The van der Waals surface area contributed by atoms with E-state index in [-0.39, 0.29) is 0 Å². The van der Waals surface area contributed by atoms with Crippen LogP contribution in [0.25, 0.3) is 10.7 Å². The summed E-state index contributed by atoms with van der Waals surface area (Å²) in [5.41, 5.74) is 0.877. The summed E-state index contributed by atoms with van der Waals surface area (Å²) in [6.07, 6.45) is 1.78. The molecule has 1 saturated heterocycles. The normalized spacial score (nSPS) is 18.0. The summed E-state index contributed by atoms with van der Waals surface area (Å²) in [5.74, 6) is 0.601. The van der Waals surface area contributed by atoms with Gasteiger partial charge in [0.2, 0.25) is 5.13 Å². The zero-order chi connectivity index (χ0) is 16.9. The third-order valence-corrected chi connectivity index (χ3v) is 5.45. The molecule has 1 fully saturated rings. The summed E-state index contributed by atoms with van der Waals surface area (Å²) in [5, 5.41) is 13.7. The van der Waals surface area contributed by atoms with Crippen LogP contribution in [0.1, 0.15) is 13.8 Å². The number of rotatable bonds is 6. The first-order valence-electron chi connectivity index (χ1n) is 8.55. The molecule has 3 heterocycles. The average molecular weight is 347 g/mol. The Kier molecular flexibility index (Phi) is 5.76. The monoisotopic (exact) mass is 346 g/mol. The maximum absolute atomic E-state index is 4.33. The number of hydrogen-bond acceptors (Lipinski definition) is 7. The molecule has 7 heteroatoms. The highest BCUT2D eigenvalue weighted by Gasteiger charge is 2.25. The number of nitrogens with zero attached hydrogens (tertiary/aromatic N) is 5. The standard InChI is InChI=1S/C17H26N6S/c1-13(2)15(23-10-8-22(3)9-11-23)12-19-17-21-20-16(24-17)14-6-4-5-7-18-14/h4-7,13,15H,8-12H2,1-3H3,(H,19,21). The van der Waals surface area contributed by atoms with Gasteiger partial charge in [-0.2, -0.15) is 0 Å². The highest BCUT2D eigenvalue weighted by Crippen LogP contribution is 2.25. The smallest absolute Gasteiger partial charge is 0.206 e. The molecule has 24 heavy (non-hydrogen) atoms. The molecule has 0 radical (unpaired) electrons. The van der Waals surface area contributed by atoms with Crippen molar-refractivity contribution in [2.45, 2.75) is 19.9 Å². The van der Waals surface area contributed by atoms with Crippen LogP contribution in [-0.4, -0.2) is 70.8 Å².